The number of carbonyl (C=O) groups excluding carboxylic acids is 1. The number of carbonyl (C=O) groups is 1. The number of rotatable bonds is 3. The van der Waals surface area contributed by atoms with Gasteiger partial charge in [-0.05, 0) is 60.5 Å². The quantitative estimate of drug-likeness (QED) is 0.580. The van der Waals surface area contributed by atoms with E-state index in [1.807, 2.05) is 33.0 Å². The molecule has 0 aliphatic heterocycles. The second-order valence-electron chi connectivity index (χ2n) is 6.79. The van der Waals surface area contributed by atoms with E-state index in [-0.39, 0.29) is 18.3 Å². The van der Waals surface area contributed by atoms with E-state index in [1.165, 1.54) is 12.1 Å². The first-order chi connectivity index (χ1) is 11.7. The zero-order valence-corrected chi connectivity index (χ0v) is 15.8. The highest BCUT2D eigenvalue weighted by molar-refractivity contribution is 9.10. The van der Waals surface area contributed by atoms with Gasteiger partial charge in [0.1, 0.15) is 23.5 Å². The lowest BCUT2D eigenvalue weighted by molar-refractivity contribution is -0.155. The lowest BCUT2D eigenvalue weighted by Gasteiger charge is -2.19. The van der Waals surface area contributed by atoms with Gasteiger partial charge in [0.05, 0.1) is 9.99 Å². The summed E-state index contributed by atoms with van der Waals surface area (Å²) < 4.78 is 21.1. The first-order valence-corrected chi connectivity index (χ1v) is 8.64. The van der Waals surface area contributed by atoms with Crippen LogP contribution in [0.1, 0.15) is 20.8 Å². The Morgan fingerprint density at radius 2 is 1.92 bits per heavy atom. The third-order valence-corrected chi connectivity index (χ3v) is 4.15. The van der Waals surface area contributed by atoms with E-state index in [0.29, 0.717) is 0 Å². The molecule has 0 atom stereocenters. The zero-order chi connectivity index (χ0) is 18.2. The molecular formula is C19H18BrFN2O2. The SMILES string of the molecule is CC(C)(C)OC(=O)Cn1cc(Br)c2ncc(-c3ccc(F)cc3)cc21. The number of aromatic nitrogens is 2. The van der Waals surface area contributed by atoms with Gasteiger partial charge < -0.3 is 9.30 Å². The van der Waals surface area contributed by atoms with E-state index in [9.17, 15) is 9.18 Å². The molecule has 0 fully saturated rings. The number of fused-ring (bicyclic) bond motifs is 1. The first-order valence-electron chi connectivity index (χ1n) is 7.85. The van der Waals surface area contributed by atoms with Crippen molar-refractivity contribution < 1.29 is 13.9 Å². The Morgan fingerprint density at radius 1 is 1.24 bits per heavy atom. The second kappa shape index (κ2) is 6.59. The van der Waals surface area contributed by atoms with Crippen LogP contribution in [-0.4, -0.2) is 21.1 Å². The van der Waals surface area contributed by atoms with Crippen molar-refractivity contribution in [2.45, 2.75) is 32.9 Å². The molecule has 0 amide bonds. The Labute approximate surface area is 153 Å². The van der Waals surface area contributed by atoms with Gasteiger partial charge in [-0.25, -0.2) is 4.39 Å². The summed E-state index contributed by atoms with van der Waals surface area (Å²) in [5.41, 5.74) is 2.74. The van der Waals surface area contributed by atoms with Gasteiger partial charge in [0.2, 0.25) is 0 Å². The standard InChI is InChI=1S/C19H18BrFN2O2/c1-19(2,3)25-17(24)11-23-10-15(20)18-16(23)8-13(9-22-18)12-4-6-14(21)7-5-12/h4-10H,11H2,1-3H3. The minimum absolute atomic E-state index is 0.0912. The Bertz CT molecular complexity index is 927. The third-order valence-electron chi connectivity index (χ3n) is 3.57. The molecule has 0 saturated carbocycles. The van der Waals surface area contributed by atoms with Gasteiger partial charge in [-0.1, -0.05) is 12.1 Å². The minimum atomic E-state index is -0.533. The Hall–Kier alpha value is -2.21. The molecule has 2 aromatic heterocycles. The highest BCUT2D eigenvalue weighted by Crippen LogP contribution is 2.29. The molecule has 3 aromatic rings. The Balaban J connectivity index is 1.98. The number of esters is 1. The van der Waals surface area contributed by atoms with Gasteiger partial charge in [0.25, 0.3) is 0 Å². The fraction of sp³-hybridized carbons (Fsp3) is 0.263. The molecule has 1 aromatic carbocycles. The van der Waals surface area contributed by atoms with Crippen molar-refractivity contribution in [3.8, 4) is 11.1 Å². The maximum Gasteiger partial charge on any atom is 0.326 e. The minimum Gasteiger partial charge on any atom is -0.459 e. The van der Waals surface area contributed by atoms with E-state index in [4.69, 9.17) is 4.74 Å². The van der Waals surface area contributed by atoms with Gasteiger partial charge in [0.15, 0.2) is 0 Å². The van der Waals surface area contributed by atoms with Gasteiger partial charge in [0, 0.05) is 18.0 Å². The Morgan fingerprint density at radius 3 is 2.56 bits per heavy atom. The Kier molecular flexibility index (Phi) is 4.64. The molecular weight excluding hydrogens is 387 g/mol. The van der Waals surface area contributed by atoms with Crippen LogP contribution in [0.3, 0.4) is 0 Å². The zero-order valence-electron chi connectivity index (χ0n) is 14.2. The van der Waals surface area contributed by atoms with Crippen LogP contribution in [0.5, 0.6) is 0 Å². The maximum absolute atomic E-state index is 13.1. The van der Waals surface area contributed by atoms with Crippen LogP contribution in [0.15, 0.2) is 47.2 Å². The predicted octanol–water partition coefficient (Wildman–Crippen LogP) is 4.95. The van der Waals surface area contributed by atoms with Gasteiger partial charge in [-0.15, -0.1) is 0 Å². The normalized spacial score (nSPS) is 11.7. The maximum atomic E-state index is 13.1. The van der Waals surface area contributed by atoms with Crippen molar-refractivity contribution >= 4 is 32.9 Å². The van der Waals surface area contributed by atoms with Crippen molar-refractivity contribution in [2.24, 2.45) is 0 Å². The average Bonchev–Trinajstić information content (AvgIpc) is 2.82. The molecule has 0 unspecified atom stereocenters. The van der Waals surface area contributed by atoms with Crippen molar-refractivity contribution in [1.82, 2.24) is 9.55 Å². The summed E-state index contributed by atoms with van der Waals surface area (Å²) in [6.45, 7) is 5.60. The van der Waals surface area contributed by atoms with Crippen LogP contribution < -0.4 is 0 Å². The lowest BCUT2D eigenvalue weighted by atomic mass is 10.1. The number of pyridine rings is 1. The smallest absolute Gasteiger partial charge is 0.326 e. The molecule has 4 nitrogen and oxygen atoms in total. The number of benzene rings is 1. The average molecular weight is 405 g/mol. The highest BCUT2D eigenvalue weighted by atomic mass is 79.9. The van der Waals surface area contributed by atoms with Gasteiger partial charge in [-0.2, -0.15) is 0 Å². The summed E-state index contributed by atoms with van der Waals surface area (Å²) in [5, 5.41) is 0. The van der Waals surface area contributed by atoms with E-state index < -0.39 is 5.60 Å². The number of nitrogens with zero attached hydrogens (tertiary/aromatic N) is 2. The van der Waals surface area contributed by atoms with Crippen LogP contribution in [0.2, 0.25) is 0 Å². The molecule has 0 aliphatic carbocycles. The van der Waals surface area contributed by atoms with Crippen molar-refractivity contribution in [3.05, 3.63) is 53.0 Å². The monoisotopic (exact) mass is 404 g/mol. The van der Waals surface area contributed by atoms with Crippen molar-refractivity contribution in [3.63, 3.8) is 0 Å². The molecule has 0 radical (unpaired) electrons. The van der Waals surface area contributed by atoms with Crippen LogP contribution in [0.25, 0.3) is 22.2 Å². The molecule has 25 heavy (non-hydrogen) atoms. The summed E-state index contributed by atoms with van der Waals surface area (Å²) in [6.07, 6.45) is 3.55. The highest BCUT2D eigenvalue weighted by Gasteiger charge is 2.18. The van der Waals surface area contributed by atoms with E-state index in [0.717, 1.165) is 26.6 Å². The molecule has 0 N–H and O–H groups in total. The molecule has 130 valence electrons. The van der Waals surface area contributed by atoms with E-state index in [2.05, 4.69) is 20.9 Å². The molecule has 6 heteroatoms. The third kappa shape index (κ3) is 4.07. The molecule has 0 saturated heterocycles. The fourth-order valence-corrected chi connectivity index (χ4v) is 3.12. The number of hydrogen-bond acceptors (Lipinski definition) is 3. The topological polar surface area (TPSA) is 44.1 Å². The second-order valence-corrected chi connectivity index (χ2v) is 7.64. The number of hydrogen-bond donors (Lipinski definition) is 0. The number of halogens is 2. The molecule has 3 rings (SSSR count). The summed E-state index contributed by atoms with van der Waals surface area (Å²) >= 11 is 3.47. The fourth-order valence-electron chi connectivity index (χ4n) is 2.57. The molecule has 0 bridgehead atoms. The van der Waals surface area contributed by atoms with Crippen molar-refractivity contribution in [1.29, 1.82) is 0 Å². The largest absolute Gasteiger partial charge is 0.459 e. The van der Waals surface area contributed by atoms with Gasteiger partial charge >= 0.3 is 5.97 Å². The molecule has 2 heterocycles. The first kappa shape index (κ1) is 17.6. The molecule has 0 aliphatic rings. The number of ether oxygens (including phenoxy) is 1. The molecule has 0 spiro atoms. The summed E-state index contributed by atoms with van der Waals surface area (Å²) in [4.78, 5) is 16.6. The van der Waals surface area contributed by atoms with Crippen LogP contribution in [0, 0.1) is 5.82 Å². The summed E-state index contributed by atoms with van der Waals surface area (Å²) in [5.74, 6) is -0.599. The van der Waals surface area contributed by atoms with Gasteiger partial charge in [-0.3, -0.25) is 9.78 Å². The van der Waals surface area contributed by atoms with E-state index >= 15 is 0 Å². The summed E-state index contributed by atoms with van der Waals surface area (Å²) in [7, 11) is 0. The lowest BCUT2D eigenvalue weighted by Crippen LogP contribution is -2.26. The van der Waals surface area contributed by atoms with Crippen LogP contribution >= 0.6 is 15.9 Å². The summed E-state index contributed by atoms with van der Waals surface area (Å²) in [6, 6.07) is 8.16. The van der Waals surface area contributed by atoms with Crippen LogP contribution in [0.4, 0.5) is 4.39 Å². The van der Waals surface area contributed by atoms with Crippen LogP contribution in [-0.2, 0) is 16.1 Å². The predicted molar refractivity (Wildman–Crippen MR) is 98.7 cm³/mol. The van der Waals surface area contributed by atoms with Crippen molar-refractivity contribution in [2.75, 3.05) is 0 Å². The van der Waals surface area contributed by atoms with E-state index in [1.54, 1.807) is 22.9 Å².